The van der Waals surface area contributed by atoms with Gasteiger partial charge in [-0.15, -0.1) is 0 Å². The van der Waals surface area contributed by atoms with Crippen molar-refractivity contribution in [1.82, 2.24) is 4.90 Å². The van der Waals surface area contributed by atoms with Gasteiger partial charge in [-0.05, 0) is 51.6 Å². The van der Waals surface area contributed by atoms with Crippen LogP contribution in [-0.2, 0) is 9.53 Å². The predicted octanol–water partition coefficient (Wildman–Crippen LogP) is 1.46. The molecule has 0 amide bonds. The quantitative estimate of drug-likeness (QED) is 0.710. The molecular weight excluding hydrogens is 202 g/mol. The van der Waals surface area contributed by atoms with E-state index in [2.05, 4.69) is 4.90 Å². The fourth-order valence-electron chi connectivity index (χ4n) is 3.71. The first-order chi connectivity index (χ1) is 7.74. The molecule has 0 N–H and O–H groups in total. The summed E-state index contributed by atoms with van der Waals surface area (Å²) in [5.41, 5.74) is 0. The maximum absolute atomic E-state index is 11.3. The van der Waals surface area contributed by atoms with Crippen LogP contribution in [0.4, 0.5) is 0 Å². The third-order valence-corrected chi connectivity index (χ3v) is 4.69. The van der Waals surface area contributed by atoms with Crippen molar-refractivity contribution in [2.75, 3.05) is 19.6 Å². The van der Waals surface area contributed by atoms with E-state index in [4.69, 9.17) is 4.74 Å². The summed E-state index contributed by atoms with van der Waals surface area (Å²) in [6, 6.07) is 0. The molecule has 90 valence electrons. The molecule has 1 unspecified atom stereocenters. The standard InChI is InChI=1S/C13H21NO2/c1-9(15)12-2-3-13(16-12)11-8-14-6-4-10(11)5-7-14/h10-13H,2-8H2,1H3/t11-,12?,13-/m1/s1. The number of ketones is 1. The van der Waals surface area contributed by atoms with E-state index in [9.17, 15) is 4.79 Å². The number of piperidine rings is 3. The van der Waals surface area contributed by atoms with E-state index in [0.29, 0.717) is 12.0 Å². The van der Waals surface area contributed by atoms with E-state index in [1.54, 1.807) is 6.92 Å². The van der Waals surface area contributed by atoms with Crippen LogP contribution in [0.15, 0.2) is 0 Å². The molecule has 0 aliphatic carbocycles. The van der Waals surface area contributed by atoms with Crippen molar-refractivity contribution in [3.8, 4) is 0 Å². The van der Waals surface area contributed by atoms with Gasteiger partial charge in [-0.25, -0.2) is 0 Å². The lowest BCUT2D eigenvalue weighted by molar-refractivity contribution is -0.131. The highest BCUT2D eigenvalue weighted by molar-refractivity contribution is 5.80. The number of ether oxygens (including phenoxy) is 1. The summed E-state index contributed by atoms with van der Waals surface area (Å²) in [6.45, 7) is 5.43. The zero-order valence-electron chi connectivity index (χ0n) is 10.0. The summed E-state index contributed by atoms with van der Waals surface area (Å²) >= 11 is 0. The number of carbonyl (C=O) groups excluding carboxylic acids is 1. The van der Waals surface area contributed by atoms with E-state index in [1.807, 2.05) is 0 Å². The molecule has 4 saturated heterocycles. The van der Waals surface area contributed by atoms with Crippen molar-refractivity contribution >= 4 is 5.78 Å². The van der Waals surface area contributed by atoms with Crippen LogP contribution in [0.25, 0.3) is 0 Å². The summed E-state index contributed by atoms with van der Waals surface area (Å²) in [6.07, 6.45) is 5.00. The van der Waals surface area contributed by atoms with E-state index < -0.39 is 0 Å². The number of carbonyl (C=O) groups is 1. The minimum absolute atomic E-state index is 0.0968. The smallest absolute Gasteiger partial charge is 0.158 e. The number of hydrogen-bond donors (Lipinski definition) is 0. The Morgan fingerprint density at radius 2 is 1.94 bits per heavy atom. The Balaban J connectivity index is 1.64. The zero-order valence-corrected chi connectivity index (χ0v) is 10.0. The van der Waals surface area contributed by atoms with E-state index in [-0.39, 0.29) is 11.9 Å². The maximum atomic E-state index is 11.3. The highest BCUT2D eigenvalue weighted by Crippen LogP contribution is 2.39. The van der Waals surface area contributed by atoms with Gasteiger partial charge in [0.1, 0.15) is 6.10 Å². The Labute approximate surface area is 97.1 Å². The van der Waals surface area contributed by atoms with Gasteiger partial charge in [-0.1, -0.05) is 0 Å². The van der Waals surface area contributed by atoms with Gasteiger partial charge in [0, 0.05) is 12.5 Å². The molecule has 4 aliphatic rings. The van der Waals surface area contributed by atoms with Crippen molar-refractivity contribution in [1.29, 1.82) is 0 Å². The number of nitrogens with zero attached hydrogens (tertiary/aromatic N) is 1. The first kappa shape index (κ1) is 10.7. The van der Waals surface area contributed by atoms with Crippen molar-refractivity contribution < 1.29 is 9.53 Å². The Bertz CT molecular complexity index is 284. The lowest BCUT2D eigenvalue weighted by Gasteiger charge is -2.46. The minimum Gasteiger partial charge on any atom is -0.367 e. The van der Waals surface area contributed by atoms with Crippen LogP contribution in [0.5, 0.6) is 0 Å². The van der Waals surface area contributed by atoms with Gasteiger partial charge in [0.25, 0.3) is 0 Å². The molecule has 0 aromatic heterocycles. The lowest BCUT2D eigenvalue weighted by Crippen LogP contribution is -2.51. The summed E-state index contributed by atoms with van der Waals surface area (Å²) in [7, 11) is 0. The molecule has 4 aliphatic heterocycles. The largest absolute Gasteiger partial charge is 0.367 e. The molecule has 0 radical (unpaired) electrons. The SMILES string of the molecule is CC(=O)C1CC[C@H]([C@@H]2CN3CCC2CC3)O1. The molecular formula is C13H21NO2. The van der Waals surface area contributed by atoms with Gasteiger partial charge in [0.15, 0.2) is 5.78 Å². The topological polar surface area (TPSA) is 29.5 Å². The van der Waals surface area contributed by atoms with E-state index >= 15 is 0 Å². The van der Waals surface area contributed by atoms with Crippen LogP contribution in [0.3, 0.4) is 0 Å². The van der Waals surface area contributed by atoms with Crippen molar-refractivity contribution in [3.05, 3.63) is 0 Å². The number of Topliss-reactive ketones (excluding diaryl/α,β-unsaturated/α-hetero) is 1. The highest BCUT2D eigenvalue weighted by Gasteiger charge is 2.42. The molecule has 3 atom stereocenters. The molecule has 0 saturated carbocycles. The maximum Gasteiger partial charge on any atom is 0.158 e. The second-order valence-corrected chi connectivity index (χ2v) is 5.65. The van der Waals surface area contributed by atoms with Gasteiger partial charge in [0.2, 0.25) is 0 Å². The average Bonchev–Trinajstić information content (AvgIpc) is 2.80. The van der Waals surface area contributed by atoms with Crippen molar-refractivity contribution in [2.24, 2.45) is 11.8 Å². The third-order valence-electron chi connectivity index (χ3n) is 4.69. The third kappa shape index (κ3) is 1.80. The summed E-state index contributed by atoms with van der Waals surface area (Å²) in [5.74, 6) is 1.77. The van der Waals surface area contributed by atoms with Gasteiger partial charge in [-0.3, -0.25) is 4.79 Å². The Kier molecular flexibility index (Phi) is 2.76. The first-order valence-electron chi connectivity index (χ1n) is 6.62. The van der Waals surface area contributed by atoms with Crippen LogP contribution in [-0.4, -0.2) is 42.5 Å². The van der Waals surface area contributed by atoms with Gasteiger partial charge in [0.05, 0.1) is 6.10 Å². The van der Waals surface area contributed by atoms with Crippen LogP contribution >= 0.6 is 0 Å². The monoisotopic (exact) mass is 223 g/mol. The first-order valence-corrected chi connectivity index (χ1v) is 6.62. The molecule has 4 rings (SSSR count). The van der Waals surface area contributed by atoms with Crippen molar-refractivity contribution in [3.63, 3.8) is 0 Å². The molecule has 2 bridgehead atoms. The number of hydrogen-bond acceptors (Lipinski definition) is 3. The zero-order chi connectivity index (χ0) is 11.1. The summed E-state index contributed by atoms with van der Waals surface area (Å²) in [5, 5.41) is 0. The predicted molar refractivity (Wildman–Crippen MR) is 61.2 cm³/mol. The average molecular weight is 223 g/mol. The van der Waals surface area contributed by atoms with Gasteiger partial charge >= 0.3 is 0 Å². The van der Waals surface area contributed by atoms with Crippen LogP contribution in [0.2, 0.25) is 0 Å². The molecule has 16 heavy (non-hydrogen) atoms. The Morgan fingerprint density at radius 3 is 2.44 bits per heavy atom. The Morgan fingerprint density at radius 1 is 1.19 bits per heavy atom. The number of rotatable bonds is 2. The van der Waals surface area contributed by atoms with E-state index in [1.165, 1.54) is 32.5 Å². The van der Waals surface area contributed by atoms with E-state index in [0.717, 1.165) is 18.8 Å². The Hall–Kier alpha value is -0.410. The second kappa shape index (κ2) is 4.11. The van der Waals surface area contributed by atoms with Crippen LogP contribution < -0.4 is 0 Å². The molecule has 0 aromatic carbocycles. The van der Waals surface area contributed by atoms with Crippen molar-refractivity contribution in [2.45, 2.75) is 44.8 Å². The molecule has 0 spiro atoms. The minimum atomic E-state index is -0.0968. The second-order valence-electron chi connectivity index (χ2n) is 5.65. The lowest BCUT2D eigenvalue weighted by atomic mass is 9.75. The summed E-state index contributed by atoms with van der Waals surface area (Å²) in [4.78, 5) is 13.9. The highest BCUT2D eigenvalue weighted by atomic mass is 16.5. The fourth-order valence-corrected chi connectivity index (χ4v) is 3.71. The van der Waals surface area contributed by atoms with Gasteiger partial charge < -0.3 is 9.64 Å². The molecule has 0 aromatic rings. The number of fused-ring (bicyclic) bond motifs is 3. The van der Waals surface area contributed by atoms with Crippen LogP contribution in [0.1, 0.15) is 32.6 Å². The summed E-state index contributed by atoms with van der Waals surface area (Å²) < 4.78 is 5.94. The molecule has 4 fully saturated rings. The normalized spacial score (nSPS) is 47.2. The van der Waals surface area contributed by atoms with Crippen LogP contribution in [0, 0.1) is 11.8 Å². The van der Waals surface area contributed by atoms with Gasteiger partial charge in [-0.2, -0.15) is 0 Å². The molecule has 4 heterocycles. The molecule has 3 heteroatoms. The molecule has 3 nitrogen and oxygen atoms in total. The fraction of sp³-hybridized carbons (Fsp3) is 0.923.